The number of hydrogen-bond acceptors (Lipinski definition) is 6. The van der Waals surface area contributed by atoms with Gasteiger partial charge in [-0.2, -0.15) is 5.10 Å². The van der Waals surface area contributed by atoms with Crippen molar-refractivity contribution in [1.82, 2.24) is 14.8 Å². The molecule has 0 atom stereocenters. The second-order valence-corrected chi connectivity index (χ2v) is 7.03. The number of hydrazone groups is 1. The SMILES string of the molecule is O=C(Cc1csc2nc(-c3ccccc3)cn12)N/N=C/c1ccc([N+](=O)[O-])cc1. The lowest BCUT2D eigenvalue weighted by molar-refractivity contribution is -0.384. The van der Waals surface area contributed by atoms with E-state index >= 15 is 0 Å². The maximum Gasteiger partial charge on any atom is 0.269 e. The Balaban J connectivity index is 1.41. The smallest absolute Gasteiger partial charge is 0.269 e. The molecule has 2 aromatic carbocycles. The zero-order valence-corrected chi connectivity index (χ0v) is 15.9. The summed E-state index contributed by atoms with van der Waals surface area (Å²) in [6, 6.07) is 15.7. The van der Waals surface area contributed by atoms with E-state index in [1.165, 1.54) is 29.7 Å². The molecule has 0 fully saturated rings. The fourth-order valence-electron chi connectivity index (χ4n) is 2.77. The minimum atomic E-state index is -0.469. The summed E-state index contributed by atoms with van der Waals surface area (Å²) in [6.07, 6.45) is 3.52. The van der Waals surface area contributed by atoms with Crippen molar-refractivity contribution < 1.29 is 9.72 Å². The highest BCUT2D eigenvalue weighted by atomic mass is 32.1. The van der Waals surface area contributed by atoms with Crippen LogP contribution in [0.3, 0.4) is 0 Å². The molecule has 0 radical (unpaired) electrons. The number of imidazole rings is 1. The Hall–Kier alpha value is -3.85. The van der Waals surface area contributed by atoms with Gasteiger partial charge in [0.15, 0.2) is 4.96 Å². The average Bonchev–Trinajstić information content (AvgIpc) is 3.31. The summed E-state index contributed by atoms with van der Waals surface area (Å²) in [6.45, 7) is 0. The number of amides is 1. The van der Waals surface area contributed by atoms with E-state index in [2.05, 4.69) is 15.5 Å². The highest BCUT2D eigenvalue weighted by molar-refractivity contribution is 7.15. The first kappa shape index (κ1) is 18.5. The molecule has 144 valence electrons. The van der Waals surface area contributed by atoms with Crippen molar-refractivity contribution in [3.8, 4) is 11.3 Å². The van der Waals surface area contributed by atoms with Crippen molar-refractivity contribution in [3.63, 3.8) is 0 Å². The van der Waals surface area contributed by atoms with Crippen molar-refractivity contribution in [3.05, 3.63) is 87.5 Å². The molecule has 0 aliphatic rings. The van der Waals surface area contributed by atoms with Gasteiger partial charge in [0.05, 0.1) is 23.3 Å². The van der Waals surface area contributed by atoms with Gasteiger partial charge in [0, 0.05) is 35.0 Å². The van der Waals surface area contributed by atoms with Crippen LogP contribution in [-0.4, -0.2) is 26.4 Å². The number of nitro groups is 1. The first-order valence-electron chi connectivity index (χ1n) is 8.67. The van der Waals surface area contributed by atoms with Crippen LogP contribution in [0.2, 0.25) is 0 Å². The number of nitrogens with zero attached hydrogens (tertiary/aromatic N) is 4. The van der Waals surface area contributed by atoms with Crippen LogP contribution in [0, 0.1) is 10.1 Å². The molecular weight excluding hydrogens is 390 g/mol. The number of carbonyl (C=O) groups is 1. The molecule has 0 saturated heterocycles. The molecule has 0 spiro atoms. The first-order valence-corrected chi connectivity index (χ1v) is 9.55. The predicted octanol–water partition coefficient (Wildman–Crippen LogP) is 3.66. The van der Waals surface area contributed by atoms with Gasteiger partial charge >= 0.3 is 0 Å². The molecule has 9 heteroatoms. The van der Waals surface area contributed by atoms with E-state index in [0.717, 1.165) is 21.9 Å². The minimum Gasteiger partial charge on any atom is -0.294 e. The molecule has 0 unspecified atom stereocenters. The monoisotopic (exact) mass is 405 g/mol. The summed E-state index contributed by atoms with van der Waals surface area (Å²) in [5.74, 6) is -0.266. The van der Waals surface area contributed by atoms with E-state index in [-0.39, 0.29) is 18.0 Å². The number of hydrogen-bond donors (Lipinski definition) is 1. The van der Waals surface area contributed by atoms with Crippen LogP contribution in [0.15, 0.2) is 71.3 Å². The van der Waals surface area contributed by atoms with E-state index in [1.54, 1.807) is 12.1 Å². The molecule has 0 aliphatic heterocycles. The van der Waals surface area contributed by atoms with Crippen LogP contribution in [0.5, 0.6) is 0 Å². The van der Waals surface area contributed by atoms with Gasteiger partial charge in [0.2, 0.25) is 5.91 Å². The van der Waals surface area contributed by atoms with Gasteiger partial charge in [-0.25, -0.2) is 10.4 Å². The van der Waals surface area contributed by atoms with E-state index in [1.807, 2.05) is 46.3 Å². The van der Waals surface area contributed by atoms with Crippen LogP contribution in [0.4, 0.5) is 5.69 Å². The molecule has 0 aliphatic carbocycles. The Morgan fingerprint density at radius 2 is 1.97 bits per heavy atom. The summed E-state index contributed by atoms with van der Waals surface area (Å²) in [7, 11) is 0. The zero-order chi connectivity index (χ0) is 20.2. The van der Waals surface area contributed by atoms with E-state index in [9.17, 15) is 14.9 Å². The van der Waals surface area contributed by atoms with Crippen molar-refractivity contribution in [2.45, 2.75) is 6.42 Å². The zero-order valence-electron chi connectivity index (χ0n) is 15.1. The van der Waals surface area contributed by atoms with E-state index in [0.29, 0.717) is 5.56 Å². The maximum atomic E-state index is 12.2. The number of rotatable bonds is 6. The van der Waals surface area contributed by atoms with Crippen molar-refractivity contribution in [2.24, 2.45) is 5.10 Å². The highest BCUT2D eigenvalue weighted by Crippen LogP contribution is 2.23. The van der Waals surface area contributed by atoms with Crippen molar-refractivity contribution in [2.75, 3.05) is 0 Å². The molecular formula is C20H15N5O3S. The lowest BCUT2D eigenvalue weighted by Crippen LogP contribution is -2.20. The fourth-order valence-corrected chi connectivity index (χ4v) is 3.64. The number of benzene rings is 2. The molecule has 8 nitrogen and oxygen atoms in total. The number of nitro benzene ring substituents is 1. The van der Waals surface area contributed by atoms with Crippen LogP contribution in [0.1, 0.15) is 11.3 Å². The third-order valence-corrected chi connectivity index (χ3v) is 5.09. The van der Waals surface area contributed by atoms with Gasteiger partial charge in [-0.3, -0.25) is 19.3 Å². The molecule has 4 rings (SSSR count). The summed E-state index contributed by atoms with van der Waals surface area (Å²) in [4.78, 5) is 27.8. The largest absolute Gasteiger partial charge is 0.294 e. The maximum absolute atomic E-state index is 12.2. The standard InChI is InChI=1S/C20H15N5O3S/c26-19(23-21-11-14-6-8-16(9-7-14)25(27)28)10-17-13-29-20-22-18(12-24(17)20)15-4-2-1-3-5-15/h1-9,11-13H,10H2,(H,23,26)/b21-11+. The van der Waals surface area contributed by atoms with Gasteiger partial charge < -0.3 is 0 Å². The van der Waals surface area contributed by atoms with Gasteiger partial charge in [-0.1, -0.05) is 30.3 Å². The molecule has 2 heterocycles. The molecule has 2 aromatic heterocycles. The Bertz CT molecular complexity index is 1200. The number of non-ortho nitro benzene ring substituents is 1. The quantitative estimate of drug-likeness (QED) is 0.300. The van der Waals surface area contributed by atoms with Crippen LogP contribution in [0.25, 0.3) is 16.2 Å². The number of thiazole rings is 1. The topological polar surface area (TPSA) is 102 Å². The van der Waals surface area contributed by atoms with E-state index < -0.39 is 4.92 Å². The molecule has 29 heavy (non-hydrogen) atoms. The molecule has 0 bridgehead atoms. The van der Waals surface area contributed by atoms with Crippen molar-refractivity contribution >= 4 is 34.1 Å². The fraction of sp³-hybridized carbons (Fsp3) is 0.0500. The summed E-state index contributed by atoms with van der Waals surface area (Å²) in [5, 5.41) is 16.5. The summed E-state index contributed by atoms with van der Waals surface area (Å²) >= 11 is 1.47. The van der Waals surface area contributed by atoms with Crippen LogP contribution < -0.4 is 5.43 Å². The number of aromatic nitrogens is 2. The summed E-state index contributed by atoms with van der Waals surface area (Å²) < 4.78 is 1.91. The second-order valence-electron chi connectivity index (χ2n) is 6.19. The molecule has 1 amide bonds. The van der Waals surface area contributed by atoms with Crippen LogP contribution >= 0.6 is 11.3 Å². The second kappa shape index (κ2) is 8.03. The lowest BCUT2D eigenvalue weighted by atomic mass is 10.2. The number of carbonyl (C=O) groups excluding carboxylic acids is 1. The molecule has 1 N–H and O–H groups in total. The normalized spacial score (nSPS) is 11.2. The Morgan fingerprint density at radius 3 is 2.69 bits per heavy atom. The van der Waals surface area contributed by atoms with Gasteiger partial charge in [-0.05, 0) is 17.7 Å². The average molecular weight is 405 g/mol. The van der Waals surface area contributed by atoms with E-state index in [4.69, 9.17) is 0 Å². The number of nitrogens with one attached hydrogen (secondary N) is 1. The van der Waals surface area contributed by atoms with Gasteiger partial charge in [0.25, 0.3) is 5.69 Å². The lowest BCUT2D eigenvalue weighted by Gasteiger charge is -1.99. The molecule has 4 aromatic rings. The van der Waals surface area contributed by atoms with Gasteiger partial charge in [0.1, 0.15) is 0 Å². The van der Waals surface area contributed by atoms with Crippen LogP contribution in [-0.2, 0) is 11.2 Å². The van der Waals surface area contributed by atoms with Gasteiger partial charge in [-0.15, -0.1) is 11.3 Å². The predicted molar refractivity (Wildman–Crippen MR) is 111 cm³/mol. The number of fused-ring (bicyclic) bond motifs is 1. The third kappa shape index (κ3) is 4.19. The Morgan fingerprint density at radius 1 is 1.21 bits per heavy atom. The Kier molecular flexibility index (Phi) is 5.12. The minimum absolute atomic E-state index is 0.00265. The Labute approximate surface area is 169 Å². The van der Waals surface area contributed by atoms with Crippen molar-refractivity contribution in [1.29, 1.82) is 0 Å². The first-order chi connectivity index (χ1) is 14.1. The summed E-state index contributed by atoms with van der Waals surface area (Å²) in [5.41, 5.74) is 5.83. The highest BCUT2D eigenvalue weighted by Gasteiger charge is 2.12. The molecule has 0 saturated carbocycles. The third-order valence-electron chi connectivity index (χ3n) is 4.20.